The maximum absolute atomic E-state index is 11.7. The summed E-state index contributed by atoms with van der Waals surface area (Å²) in [4.78, 5) is 11.7. The first-order valence-corrected chi connectivity index (χ1v) is 6.75. The molecule has 0 fully saturated rings. The summed E-state index contributed by atoms with van der Waals surface area (Å²) < 4.78 is 5.14. The molecule has 1 amide bonds. The normalized spacial score (nSPS) is 10.1. The van der Waals surface area contributed by atoms with Crippen molar-refractivity contribution in [2.24, 2.45) is 0 Å². The van der Waals surface area contributed by atoms with E-state index < -0.39 is 0 Å². The number of aliphatic hydroxyl groups excluding tert-OH is 1. The van der Waals surface area contributed by atoms with Gasteiger partial charge in [0, 0.05) is 29.7 Å². The summed E-state index contributed by atoms with van der Waals surface area (Å²) in [6.07, 6.45) is 0.401. The first-order valence-electron chi connectivity index (χ1n) is 5.59. The third kappa shape index (κ3) is 4.85. The molecule has 0 bridgehead atoms. The molecule has 0 aliphatic carbocycles. The highest BCUT2D eigenvalue weighted by Gasteiger charge is 2.07. The van der Waals surface area contributed by atoms with E-state index in [2.05, 4.69) is 5.32 Å². The fourth-order valence-corrected chi connectivity index (χ4v) is 2.02. The van der Waals surface area contributed by atoms with Gasteiger partial charge < -0.3 is 20.9 Å². The second-order valence-electron chi connectivity index (χ2n) is 3.59. The second-order valence-corrected chi connectivity index (χ2v) is 4.82. The van der Waals surface area contributed by atoms with Crippen molar-refractivity contribution in [1.82, 2.24) is 0 Å². The monoisotopic (exact) mass is 270 g/mol. The third-order valence-corrected chi connectivity index (χ3v) is 3.17. The lowest BCUT2D eigenvalue weighted by molar-refractivity contribution is -0.115. The molecular formula is C12H18N2O3S. The van der Waals surface area contributed by atoms with Crippen molar-refractivity contribution in [3.05, 3.63) is 18.2 Å². The molecule has 0 spiro atoms. The van der Waals surface area contributed by atoms with Gasteiger partial charge in [-0.05, 0) is 12.1 Å². The van der Waals surface area contributed by atoms with Crippen LogP contribution in [0.3, 0.4) is 0 Å². The molecule has 0 heterocycles. The number of rotatable bonds is 7. The predicted molar refractivity (Wildman–Crippen MR) is 75.1 cm³/mol. The number of carbonyl (C=O) groups excluding carboxylic acids is 1. The van der Waals surface area contributed by atoms with Crippen molar-refractivity contribution in [2.45, 2.75) is 6.42 Å². The fraction of sp³-hybridized carbons (Fsp3) is 0.417. The topological polar surface area (TPSA) is 84.6 Å². The number of benzene rings is 1. The second kappa shape index (κ2) is 7.84. The van der Waals surface area contributed by atoms with Crippen molar-refractivity contribution in [1.29, 1.82) is 0 Å². The number of nitrogen functional groups attached to an aromatic ring is 1. The summed E-state index contributed by atoms with van der Waals surface area (Å²) in [5.74, 6) is 1.80. The Balaban J connectivity index is 2.48. The van der Waals surface area contributed by atoms with E-state index in [1.807, 2.05) is 0 Å². The van der Waals surface area contributed by atoms with Gasteiger partial charge >= 0.3 is 0 Å². The van der Waals surface area contributed by atoms with Crippen LogP contribution in [0.25, 0.3) is 0 Å². The number of ether oxygens (including phenoxy) is 1. The Morgan fingerprint density at radius 3 is 2.94 bits per heavy atom. The van der Waals surface area contributed by atoms with Gasteiger partial charge in [0.15, 0.2) is 0 Å². The highest BCUT2D eigenvalue weighted by molar-refractivity contribution is 7.99. The van der Waals surface area contributed by atoms with Crippen molar-refractivity contribution in [3.63, 3.8) is 0 Å². The van der Waals surface area contributed by atoms with Gasteiger partial charge in [-0.3, -0.25) is 4.79 Å². The third-order valence-electron chi connectivity index (χ3n) is 2.21. The number of amides is 1. The number of nitrogens with one attached hydrogen (secondary N) is 1. The van der Waals surface area contributed by atoms with Crippen LogP contribution < -0.4 is 15.8 Å². The molecule has 4 N–H and O–H groups in total. The van der Waals surface area contributed by atoms with E-state index in [1.54, 1.807) is 30.0 Å². The first kappa shape index (κ1) is 14.7. The van der Waals surface area contributed by atoms with E-state index >= 15 is 0 Å². The number of hydrogen-bond acceptors (Lipinski definition) is 5. The van der Waals surface area contributed by atoms with Crippen LogP contribution in [-0.4, -0.2) is 36.2 Å². The van der Waals surface area contributed by atoms with Gasteiger partial charge in [0.2, 0.25) is 5.91 Å². The van der Waals surface area contributed by atoms with Crippen LogP contribution >= 0.6 is 11.8 Å². The lowest BCUT2D eigenvalue weighted by atomic mass is 10.2. The molecule has 18 heavy (non-hydrogen) atoms. The number of aliphatic hydroxyl groups is 1. The fourth-order valence-electron chi connectivity index (χ4n) is 1.36. The Morgan fingerprint density at radius 1 is 1.50 bits per heavy atom. The van der Waals surface area contributed by atoms with Gasteiger partial charge in [-0.25, -0.2) is 0 Å². The molecule has 0 unspecified atom stereocenters. The molecule has 0 saturated heterocycles. The average molecular weight is 270 g/mol. The lowest BCUT2D eigenvalue weighted by Gasteiger charge is -2.10. The summed E-state index contributed by atoms with van der Waals surface area (Å²) in [6, 6.07) is 5.09. The molecule has 0 aliphatic heterocycles. The van der Waals surface area contributed by atoms with Crippen LogP contribution in [0.4, 0.5) is 11.4 Å². The zero-order valence-corrected chi connectivity index (χ0v) is 11.1. The molecule has 5 nitrogen and oxygen atoms in total. The molecule has 1 aromatic carbocycles. The van der Waals surface area contributed by atoms with Crippen molar-refractivity contribution >= 4 is 29.0 Å². The smallest absolute Gasteiger partial charge is 0.225 e. The molecule has 100 valence electrons. The Hall–Kier alpha value is -1.40. The molecule has 0 atom stereocenters. The maximum Gasteiger partial charge on any atom is 0.225 e. The lowest BCUT2D eigenvalue weighted by Crippen LogP contribution is -2.13. The maximum atomic E-state index is 11.7. The molecule has 0 aromatic heterocycles. The van der Waals surface area contributed by atoms with Gasteiger partial charge in [-0.2, -0.15) is 11.8 Å². The molecular weight excluding hydrogens is 252 g/mol. The predicted octanol–water partition coefficient (Wildman–Crippen LogP) is 1.33. The largest absolute Gasteiger partial charge is 0.494 e. The van der Waals surface area contributed by atoms with E-state index in [0.29, 0.717) is 35.1 Å². The zero-order valence-electron chi connectivity index (χ0n) is 10.3. The van der Waals surface area contributed by atoms with Gasteiger partial charge in [0.1, 0.15) is 5.75 Å². The van der Waals surface area contributed by atoms with E-state index in [-0.39, 0.29) is 12.5 Å². The van der Waals surface area contributed by atoms with Crippen LogP contribution in [0.15, 0.2) is 18.2 Å². The van der Waals surface area contributed by atoms with Crippen LogP contribution in [0.2, 0.25) is 0 Å². The number of hydrogen-bond donors (Lipinski definition) is 3. The van der Waals surface area contributed by atoms with Gasteiger partial charge in [0.05, 0.1) is 19.4 Å². The Morgan fingerprint density at radius 2 is 2.28 bits per heavy atom. The van der Waals surface area contributed by atoms with Gasteiger partial charge in [-0.1, -0.05) is 0 Å². The summed E-state index contributed by atoms with van der Waals surface area (Å²) >= 11 is 1.54. The summed E-state index contributed by atoms with van der Waals surface area (Å²) in [6.45, 7) is 0.137. The Labute approximate surface area is 111 Å². The number of methoxy groups -OCH3 is 1. The minimum atomic E-state index is -0.0801. The number of thioether (sulfide) groups is 1. The minimum absolute atomic E-state index is 0.0801. The average Bonchev–Trinajstić information content (AvgIpc) is 2.37. The van der Waals surface area contributed by atoms with E-state index in [4.69, 9.17) is 15.6 Å². The summed E-state index contributed by atoms with van der Waals surface area (Å²) in [7, 11) is 1.53. The van der Waals surface area contributed by atoms with Crippen molar-refractivity contribution in [2.75, 3.05) is 36.3 Å². The standard InChI is InChI=1S/C12H18N2O3S/c1-17-11-8-9(13)2-3-10(11)14-12(16)4-6-18-7-5-15/h2-3,8,15H,4-7,13H2,1H3,(H,14,16). The summed E-state index contributed by atoms with van der Waals surface area (Å²) in [5, 5.41) is 11.4. The van der Waals surface area contributed by atoms with E-state index in [1.165, 1.54) is 7.11 Å². The highest BCUT2D eigenvalue weighted by Crippen LogP contribution is 2.26. The van der Waals surface area contributed by atoms with Crippen LogP contribution in [0.5, 0.6) is 5.75 Å². The molecule has 6 heteroatoms. The van der Waals surface area contributed by atoms with Gasteiger partial charge in [0.25, 0.3) is 0 Å². The summed E-state index contributed by atoms with van der Waals surface area (Å²) in [5.41, 5.74) is 6.83. The van der Waals surface area contributed by atoms with Crippen LogP contribution in [-0.2, 0) is 4.79 Å². The number of carbonyl (C=O) groups is 1. The Kier molecular flexibility index (Phi) is 6.38. The molecule has 0 saturated carbocycles. The Bertz CT molecular complexity index is 399. The minimum Gasteiger partial charge on any atom is -0.494 e. The molecule has 1 rings (SSSR count). The van der Waals surface area contributed by atoms with Crippen molar-refractivity contribution < 1.29 is 14.6 Å². The van der Waals surface area contributed by atoms with Crippen molar-refractivity contribution in [3.8, 4) is 5.75 Å². The van der Waals surface area contributed by atoms with Crippen LogP contribution in [0, 0.1) is 0 Å². The SMILES string of the molecule is COc1cc(N)ccc1NC(=O)CCSCCO. The highest BCUT2D eigenvalue weighted by atomic mass is 32.2. The number of nitrogens with two attached hydrogens (primary N) is 1. The number of anilines is 2. The quantitative estimate of drug-likeness (QED) is 0.514. The first-order chi connectivity index (χ1) is 8.67. The zero-order chi connectivity index (χ0) is 13.4. The molecule has 1 aromatic rings. The molecule has 0 radical (unpaired) electrons. The van der Waals surface area contributed by atoms with E-state index in [0.717, 1.165) is 0 Å². The van der Waals surface area contributed by atoms with Crippen LogP contribution in [0.1, 0.15) is 6.42 Å². The van der Waals surface area contributed by atoms with E-state index in [9.17, 15) is 4.79 Å². The molecule has 0 aliphatic rings. The van der Waals surface area contributed by atoms with Gasteiger partial charge in [-0.15, -0.1) is 0 Å².